The van der Waals surface area contributed by atoms with Crippen LogP contribution in [0, 0.1) is 0 Å². The smallest absolute Gasteiger partial charge is 0.195 e. The first kappa shape index (κ1) is 20.7. The van der Waals surface area contributed by atoms with Gasteiger partial charge in [0.25, 0.3) is 0 Å². The Hall–Kier alpha value is -1.61. The van der Waals surface area contributed by atoms with Gasteiger partial charge in [0.05, 0.1) is 13.2 Å². The number of ether oxygens (including phenoxy) is 2. The molecule has 3 rings (SSSR count). The number of nitrogens with zero attached hydrogens (tertiary/aromatic N) is 1. The summed E-state index contributed by atoms with van der Waals surface area (Å²) in [6.45, 7) is 2.20. The molecule has 140 valence electrons. The maximum atomic E-state index is 5.72. The van der Waals surface area contributed by atoms with Crippen LogP contribution in [0.2, 0.25) is 0 Å². The molecule has 2 aromatic carbocycles. The Morgan fingerprint density at radius 1 is 1.08 bits per heavy atom. The Balaban J connectivity index is 0.00000243. The van der Waals surface area contributed by atoms with Crippen LogP contribution in [0.5, 0.6) is 11.5 Å². The van der Waals surface area contributed by atoms with Crippen LogP contribution in [0.25, 0.3) is 0 Å². The lowest BCUT2D eigenvalue weighted by molar-refractivity contribution is 0.297. The van der Waals surface area contributed by atoms with E-state index in [1.807, 2.05) is 36.0 Å². The van der Waals surface area contributed by atoms with Crippen LogP contribution >= 0.6 is 35.7 Å². The van der Waals surface area contributed by atoms with Gasteiger partial charge in [-0.15, -0.1) is 35.7 Å². The summed E-state index contributed by atoms with van der Waals surface area (Å²) < 4.78 is 11.4. The molecule has 0 spiro atoms. The molecule has 0 saturated carbocycles. The van der Waals surface area contributed by atoms with E-state index in [1.165, 1.54) is 4.90 Å². The van der Waals surface area contributed by atoms with E-state index in [0.29, 0.717) is 13.2 Å². The fourth-order valence-electron chi connectivity index (χ4n) is 2.41. The van der Waals surface area contributed by atoms with Crippen LogP contribution in [0.15, 0.2) is 58.4 Å². The lowest BCUT2D eigenvalue weighted by Gasteiger charge is -2.14. The summed E-state index contributed by atoms with van der Waals surface area (Å²) in [6.07, 6.45) is 0.903. The van der Waals surface area contributed by atoms with Crippen LogP contribution in [0.3, 0.4) is 0 Å². The molecule has 0 amide bonds. The van der Waals surface area contributed by atoms with Gasteiger partial charge in [0.1, 0.15) is 0 Å². The third kappa shape index (κ3) is 6.28. The Morgan fingerprint density at radius 2 is 1.85 bits per heavy atom. The van der Waals surface area contributed by atoms with Crippen molar-refractivity contribution in [2.24, 2.45) is 4.99 Å². The summed E-state index contributed by atoms with van der Waals surface area (Å²) in [4.78, 5) is 5.54. The number of hydrogen-bond acceptors (Lipinski definition) is 4. The molecule has 0 radical (unpaired) electrons. The molecule has 2 N–H and O–H groups in total. The molecule has 0 unspecified atom stereocenters. The van der Waals surface area contributed by atoms with Crippen molar-refractivity contribution >= 4 is 47.4 Å². The number of halogens is 1. The zero-order valence-electron chi connectivity index (χ0n) is 14.7. The molecule has 1 aliphatic heterocycles. The number of benzene rings is 2. The monoisotopic (exact) mass is 485 g/mol. The van der Waals surface area contributed by atoms with E-state index in [1.54, 1.807) is 7.05 Å². The Labute approximate surface area is 176 Å². The third-order valence-electron chi connectivity index (χ3n) is 3.64. The largest absolute Gasteiger partial charge is 0.490 e. The summed E-state index contributed by atoms with van der Waals surface area (Å²) in [5.41, 5.74) is 0.924. The van der Waals surface area contributed by atoms with E-state index in [0.717, 1.165) is 41.9 Å². The number of guanidine groups is 1. The van der Waals surface area contributed by atoms with Crippen molar-refractivity contribution in [1.82, 2.24) is 5.32 Å². The van der Waals surface area contributed by atoms with Gasteiger partial charge < -0.3 is 20.1 Å². The quantitative estimate of drug-likeness (QED) is 0.218. The second-order valence-electron chi connectivity index (χ2n) is 5.50. The minimum Gasteiger partial charge on any atom is -0.490 e. The molecule has 7 heteroatoms. The number of nitrogens with one attached hydrogen (secondary N) is 2. The van der Waals surface area contributed by atoms with Crippen molar-refractivity contribution in [2.75, 3.05) is 37.9 Å². The maximum Gasteiger partial charge on any atom is 0.195 e. The van der Waals surface area contributed by atoms with E-state index in [4.69, 9.17) is 9.47 Å². The molecule has 26 heavy (non-hydrogen) atoms. The number of anilines is 1. The Bertz CT molecular complexity index is 713. The topological polar surface area (TPSA) is 54.9 Å². The van der Waals surface area contributed by atoms with Gasteiger partial charge in [-0.1, -0.05) is 18.2 Å². The van der Waals surface area contributed by atoms with Crippen LogP contribution in [-0.4, -0.2) is 38.5 Å². The van der Waals surface area contributed by atoms with E-state index in [9.17, 15) is 0 Å². The SMILES string of the molecule is CN=C(NCCSc1ccccc1)Nc1ccc2c(c1)OCCCO2.I. The highest BCUT2D eigenvalue weighted by Gasteiger charge is 2.11. The number of rotatable bonds is 5. The van der Waals surface area contributed by atoms with E-state index in [-0.39, 0.29) is 24.0 Å². The van der Waals surface area contributed by atoms with Gasteiger partial charge in [0, 0.05) is 42.4 Å². The number of fused-ring (bicyclic) bond motifs is 1. The molecule has 2 aromatic rings. The summed E-state index contributed by atoms with van der Waals surface area (Å²) in [5, 5.41) is 6.62. The molecule has 0 aliphatic carbocycles. The van der Waals surface area contributed by atoms with Gasteiger partial charge >= 0.3 is 0 Å². The molecule has 0 atom stereocenters. The summed E-state index contributed by atoms with van der Waals surface area (Å²) in [6, 6.07) is 16.2. The van der Waals surface area contributed by atoms with Gasteiger partial charge in [-0.2, -0.15) is 0 Å². The number of hydrogen-bond donors (Lipinski definition) is 2. The van der Waals surface area contributed by atoms with Crippen molar-refractivity contribution in [3.63, 3.8) is 0 Å². The molecular formula is C19H24IN3O2S. The molecular weight excluding hydrogens is 461 g/mol. The van der Waals surface area contributed by atoms with Crippen LogP contribution < -0.4 is 20.1 Å². The normalized spacial score (nSPS) is 13.3. The standard InChI is InChI=1S/C19H23N3O2S.HI/c1-20-19(21-10-13-25-16-6-3-2-4-7-16)22-15-8-9-17-18(14-15)24-12-5-11-23-17;/h2-4,6-9,14H,5,10-13H2,1H3,(H2,20,21,22);1H. The van der Waals surface area contributed by atoms with Crippen LogP contribution in [-0.2, 0) is 0 Å². The van der Waals surface area contributed by atoms with Crippen molar-refractivity contribution < 1.29 is 9.47 Å². The highest BCUT2D eigenvalue weighted by Crippen LogP contribution is 2.32. The fraction of sp³-hybridized carbons (Fsp3) is 0.316. The molecule has 0 aromatic heterocycles. The zero-order valence-corrected chi connectivity index (χ0v) is 17.9. The second-order valence-corrected chi connectivity index (χ2v) is 6.67. The van der Waals surface area contributed by atoms with Gasteiger partial charge in [0.15, 0.2) is 17.5 Å². The van der Waals surface area contributed by atoms with Gasteiger partial charge in [0.2, 0.25) is 0 Å². The second kappa shape index (κ2) is 11.2. The fourth-order valence-corrected chi connectivity index (χ4v) is 3.20. The minimum atomic E-state index is 0. The van der Waals surface area contributed by atoms with Crippen LogP contribution in [0.4, 0.5) is 5.69 Å². The molecule has 0 fully saturated rings. The number of thioether (sulfide) groups is 1. The Kier molecular flexibility index (Phi) is 8.90. The van der Waals surface area contributed by atoms with Gasteiger partial charge in [-0.3, -0.25) is 4.99 Å². The molecule has 1 heterocycles. The lowest BCUT2D eigenvalue weighted by Crippen LogP contribution is -2.32. The predicted molar refractivity (Wildman–Crippen MR) is 120 cm³/mol. The molecule has 5 nitrogen and oxygen atoms in total. The zero-order chi connectivity index (χ0) is 17.3. The molecule has 1 aliphatic rings. The summed E-state index contributed by atoms with van der Waals surface area (Å²) in [7, 11) is 1.77. The first-order valence-electron chi connectivity index (χ1n) is 8.40. The summed E-state index contributed by atoms with van der Waals surface area (Å²) in [5.74, 6) is 3.28. The molecule has 0 saturated heterocycles. The maximum absolute atomic E-state index is 5.72. The van der Waals surface area contributed by atoms with E-state index >= 15 is 0 Å². The van der Waals surface area contributed by atoms with Crippen molar-refractivity contribution in [3.8, 4) is 11.5 Å². The Morgan fingerprint density at radius 3 is 2.62 bits per heavy atom. The molecule has 0 bridgehead atoms. The summed E-state index contributed by atoms with van der Waals surface area (Å²) >= 11 is 1.82. The first-order chi connectivity index (χ1) is 12.3. The average Bonchev–Trinajstić information content (AvgIpc) is 2.90. The highest BCUT2D eigenvalue weighted by molar-refractivity contribution is 14.0. The highest BCUT2D eigenvalue weighted by atomic mass is 127. The van der Waals surface area contributed by atoms with Crippen molar-refractivity contribution in [2.45, 2.75) is 11.3 Å². The van der Waals surface area contributed by atoms with Gasteiger partial charge in [-0.25, -0.2) is 0 Å². The van der Waals surface area contributed by atoms with Gasteiger partial charge in [-0.05, 0) is 24.3 Å². The number of aliphatic imine (C=N–C) groups is 1. The van der Waals surface area contributed by atoms with Crippen molar-refractivity contribution in [3.05, 3.63) is 48.5 Å². The van der Waals surface area contributed by atoms with E-state index in [2.05, 4.69) is 39.9 Å². The third-order valence-corrected chi connectivity index (χ3v) is 4.65. The lowest BCUT2D eigenvalue weighted by atomic mass is 10.3. The first-order valence-corrected chi connectivity index (χ1v) is 9.39. The minimum absolute atomic E-state index is 0. The van der Waals surface area contributed by atoms with Crippen LogP contribution in [0.1, 0.15) is 6.42 Å². The average molecular weight is 485 g/mol. The predicted octanol–water partition coefficient (Wildman–Crippen LogP) is 4.25. The van der Waals surface area contributed by atoms with Crippen molar-refractivity contribution in [1.29, 1.82) is 0 Å². The van der Waals surface area contributed by atoms with E-state index < -0.39 is 0 Å².